The van der Waals surface area contributed by atoms with Crippen molar-refractivity contribution in [3.05, 3.63) is 42.4 Å². The maximum atomic E-state index is 4.44. The van der Waals surface area contributed by atoms with E-state index in [0.717, 1.165) is 57.3 Å². The van der Waals surface area contributed by atoms with E-state index in [1.54, 1.807) is 0 Å². The molecule has 0 radical (unpaired) electrons. The van der Waals surface area contributed by atoms with Gasteiger partial charge in [0.25, 0.3) is 0 Å². The Labute approximate surface area is 172 Å². The highest BCUT2D eigenvalue weighted by atomic mass is 127. The van der Waals surface area contributed by atoms with Crippen LogP contribution in [0.2, 0.25) is 0 Å². The molecule has 0 aliphatic carbocycles. The van der Waals surface area contributed by atoms with E-state index in [0.29, 0.717) is 0 Å². The first-order valence-electron chi connectivity index (χ1n) is 8.85. The van der Waals surface area contributed by atoms with Gasteiger partial charge in [-0.05, 0) is 30.5 Å². The highest BCUT2D eigenvalue weighted by Crippen LogP contribution is 2.12. The highest BCUT2D eigenvalue weighted by molar-refractivity contribution is 14.0. The number of aromatic nitrogens is 3. The Morgan fingerprint density at radius 3 is 2.65 bits per heavy atom. The number of nitrogens with one attached hydrogen (secondary N) is 1. The Hall–Kier alpha value is -1.84. The summed E-state index contributed by atoms with van der Waals surface area (Å²) in [6, 6.07) is 6.07. The van der Waals surface area contributed by atoms with Crippen LogP contribution in [0, 0.1) is 0 Å². The van der Waals surface area contributed by atoms with E-state index in [-0.39, 0.29) is 24.0 Å². The molecule has 3 heterocycles. The van der Waals surface area contributed by atoms with Crippen LogP contribution in [-0.4, -0.2) is 65.4 Å². The van der Waals surface area contributed by atoms with Crippen molar-refractivity contribution in [1.82, 2.24) is 25.0 Å². The molecule has 0 bridgehead atoms. The van der Waals surface area contributed by atoms with Crippen molar-refractivity contribution in [3.8, 4) is 0 Å². The molecule has 1 fully saturated rings. The minimum Gasteiger partial charge on any atom is -0.356 e. The summed E-state index contributed by atoms with van der Waals surface area (Å²) < 4.78 is 1.85. The largest absolute Gasteiger partial charge is 0.356 e. The molecular weight excluding hydrogens is 441 g/mol. The SMILES string of the molecule is CN=C(NCCCc1cnn(C)c1)N1CCN(c2ccccn2)CC1.I. The van der Waals surface area contributed by atoms with Crippen LogP contribution in [0.15, 0.2) is 41.8 Å². The van der Waals surface area contributed by atoms with Crippen molar-refractivity contribution in [1.29, 1.82) is 0 Å². The van der Waals surface area contributed by atoms with E-state index in [9.17, 15) is 0 Å². The fourth-order valence-electron chi connectivity index (χ4n) is 3.11. The molecule has 0 unspecified atom stereocenters. The Kier molecular flexibility index (Phi) is 8.14. The number of anilines is 1. The van der Waals surface area contributed by atoms with Gasteiger partial charge in [0, 0.05) is 59.2 Å². The molecule has 0 amide bonds. The summed E-state index contributed by atoms with van der Waals surface area (Å²) in [7, 11) is 3.81. The molecular formula is C18H28IN7. The van der Waals surface area contributed by atoms with Gasteiger partial charge in [0.2, 0.25) is 0 Å². The first kappa shape index (κ1) is 20.5. The van der Waals surface area contributed by atoms with Crippen molar-refractivity contribution in [2.24, 2.45) is 12.0 Å². The predicted molar refractivity (Wildman–Crippen MR) is 116 cm³/mol. The second-order valence-corrected chi connectivity index (χ2v) is 6.26. The molecule has 0 saturated carbocycles. The van der Waals surface area contributed by atoms with Crippen LogP contribution in [0.4, 0.5) is 5.82 Å². The van der Waals surface area contributed by atoms with Crippen LogP contribution in [0.3, 0.4) is 0 Å². The molecule has 0 spiro atoms. The first-order chi connectivity index (χ1) is 12.3. The van der Waals surface area contributed by atoms with E-state index in [1.165, 1.54) is 5.56 Å². The van der Waals surface area contributed by atoms with Gasteiger partial charge in [-0.3, -0.25) is 9.67 Å². The number of hydrogen-bond donors (Lipinski definition) is 1. The maximum Gasteiger partial charge on any atom is 0.193 e. The van der Waals surface area contributed by atoms with E-state index >= 15 is 0 Å². The molecule has 0 atom stereocenters. The summed E-state index contributed by atoms with van der Waals surface area (Å²) in [6.07, 6.45) is 7.96. The van der Waals surface area contributed by atoms with E-state index in [2.05, 4.69) is 42.5 Å². The standard InChI is InChI=1S/C18H27N7.HI/c1-19-18(21-9-5-6-16-14-22-23(2)15-16)25-12-10-24(11-13-25)17-7-3-4-8-20-17;/h3-4,7-8,14-15H,5-6,9-13H2,1-2H3,(H,19,21);1H. The summed E-state index contributed by atoms with van der Waals surface area (Å²) >= 11 is 0. The van der Waals surface area contributed by atoms with Gasteiger partial charge >= 0.3 is 0 Å². The summed E-state index contributed by atoms with van der Waals surface area (Å²) in [4.78, 5) is 13.5. The number of hydrogen-bond acceptors (Lipinski definition) is 4. The number of nitrogens with zero attached hydrogens (tertiary/aromatic N) is 6. The van der Waals surface area contributed by atoms with Gasteiger partial charge in [-0.2, -0.15) is 5.10 Å². The summed E-state index contributed by atoms with van der Waals surface area (Å²) in [6.45, 7) is 4.76. The van der Waals surface area contributed by atoms with E-state index in [4.69, 9.17) is 0 Å². The molecule has 2 aromatic rings. The lowest BCUT2D eigenvalue weighted by molar-refractivity contribution is 0.371. The zero-order valence-corrected chi connectivity index (χ0v) is 17.8. The summed E-state index contributed by atoms with van der Waals surface area (Å²) in [5, 5.41) is 7.69. The number of guanidine groups is 1. The Balaban J connectivity index is 0.00000243. The van der Waals surface area contributed by atoms with E-state index in [1.807, 2.05) is 43.3 Å². The van der Waals surface area contributed by atoms with Crippen molar-refractivity contribution in [2.45, 2.75) is 12.8 Å². The number of aryl methyl sites for hydroxylation is 2. The van der Waals surface area contributed by atoms with Gasteiger partial charge in [0.1, 0.15) is 5.82 Å². The first-order valence-corrected chi connectivity index (χ1v) is 8.85. The smallest absolute Gasteiger partial charge is 0.193 e. The molecule has 7 nitrogen and oxygen atoms in total. The quantitative estimate of drug-likeness (QED) is 0.313. The molecule has 2 aromatic heterocycles. The van der Waals surface area contributed by atoms with Crippen molar-refractivity contribution >= 4 is 35.8 Å². The average molecular weight is 469 g/mol. The number of halogens is 1. The van der Waals surface area contributed by atoms with Gasteiger partial charge in [0.05, 0.1) is 6.20 Å². The van der Waals surface area contributed by atoms with Crippen LogP contribution in [0.5, 0.6) is 0 Å². The lowest BCUT2D eigenvalue weighted by atomic mass is 10.2. The van der Waals surface area contributed by atoms with E-state index < -0.39 is 0 Å². The minimum atomic E-state index is 0. The Morgan fingerprint density at radius 1 is 1.23 bits per heavy atom. The third-order valence-corrected chi connectivity index (χ3v) is 4.45. The fourth-order valence-corrected chi connectivity index (χ4v) is 3.11. The van der Waals surface area contributed by atoms with Crippen molar-refractivity contribution in [3.63, 3.8) is 0 Å². The molecule has 8 heteroatoms. The molecule has 1 N–H and O–H groups in total. The molecule has 1 saturated heterocycles. The van der Waals surface area contributed by atoms with Gasteiger partial charge in [-0.15, -0.1) is 24.0 Å². The van der Waals surface area contributed by atoms with Crippen LogP contribution in [0.25, 0.3) is 0 Å². The zero-order chi connectivity index (χ0) is 17.5. The molecule has 1 aliphatic heterocycles. The second-order valence-electron chi connectivity index (χ2n) is 6.26. The predicted octanol–water partition coefficient (Wildman–Crippen LogP) is 1.76. The number of pyridine rings is 1. The third-order valence-electron chi connectivity index (χ3n) is 4.45. The van der Waals surface area contributed by atoms with Gasteiger partial charge in [-0.1, -0.05) is 6.07 Å². The third kappa shape index (κ3) is 5.58. The van der Waals surface area contributed by atoms with Gasteiger partial charge < -0.3 is 15.1 Å². The van der Waals surface area contributed by atoms with Crippen LogP contribution in [-0.2, 0) is 13.5 Å². The van der Waals surface area contributed by atoms with Gasteiger partial charge in [-0.25, -0.2) is 4.98 Å². The summed E-state index contributed by atoms with van der Waals surface area (Å²) in [5.41, 5.74) is 1.28. The summed E-state index contributed by atoms with van der Waals surface area (Å²) in [5.74, 6) is 2.05. The Bertz CT molecular complexity index is 678. The topological polar surface area (TPSA) is 61.6 Å². The lowest BCUT2D eigenvalue weighted by Crippen LogP contribution is -2.52. The van der Waals surface area contributed by atoms with Crippen LogP contribution < -0.4 is 10.2 Å². The minimum absolute atomic E-state index is 0. The normalized spacial score (nSPS) is 14.9. The monoisotopic (exact) mass is 469 g/mol. The maximum absolute atomic E-state index is 4.44. The van der Waals surface area contributed by atoms with Crippen molar-refractivity contribution in [2.75, 3.05) is 44.7 Å². The highest BCUT2D eigenvalue weighted by Gasteiger charge is 2.20. The number of aliphatic imine (C=N–C) groups is 1. The molecule has 1 aliphatic rings. The molecule has 0 aromatic carbocycles. The second kappa shape index (κ2) is 10.3. The average Bonchev–Trinajstić information content (AvgIpc) is 3.08. The fraction of sp³-hybridized carbons (Fsp3) is 0.500. The molecule has 3 rings (SSSR count). The van der Waals surface area contributed by atoms with Crippen LogP contribution >= 0.6 is 24.0 Å². The molecule has 142 valence electrons. The Morgan fingerprint density at radius 2 is 2.04 bits per heavy atom. The number of rotatable bonds is 5. The molecule has 26 heavy (non-hydrogen) atoms. The van der Waals surface area contributed by atoms with Crippen LogP contribution in [0.1, 0.15) is 12.0 Å². The van der Waals surface area contributed by atoms with Crippen molar-refractivity contribution < 1.29 is 0 Å². The zero-order valence-electron chi connectivity index (χ0n) is 15.5. The number of piperazine rings is 1. The van der Waals surface area contributed by atoms with Gasteiger partial charge in [0.15, 0.2) is 5.96 Å². The lowest BCUT2D eigenvalue weighted by Gasteiger charge is -2.37.